The largest absolute Gasteiger partial charge is 0.481 e. The number of benzene rings is 2. The van der Waals surface area contributed by atoms with Gasteiger partial charge < -0.3 is 15.0 Å². The van der Waals surface area contributed by atoms with Crippen LogP contribution in [0.4, 0.5) is 0 Å². The predicted molar refractivity (Wildman–Crippen MR) is 102 cm³/mol. The minimum Gasteiger partial charge on any atom is -0.481 e. The molecule has 25 heavy (non-hydrogen) atoms. The van der Waals surface area contributed by atoms with Crippen molar-refractivity contribution < 1.29 is 4.74 Å². The van der Waals surface area contributed by atoms with E-state index in [9.17, 15) is 0 Å². The van der Waals surface area contributed by atoms with Crippen molar-refractivity contribution in [2.24, 2.45) is 0 Å². The summed E-state index contributed by atoms with van der Waals surface area (Å²) in [7, 11) is 1.67. The number of rotatable bonds is 5. The van der Waals surface area contributed by atoms with Crippen molar-refractivity contribution in [3.63, 3.8) is 0 Å². The summed E-state index contributed by atoms with van der Waals surface area (Å²) in [5, 5.41) is 5.88. The highest BCUT2D eigenvalue weighted by Gasteiger charge is 2.07. The first kappa shape index (κ1) is 15.7. The van der Waals surface area contributed by atoms with Crippen molar-refractivity contribution in [3.8, 4) is 5.88 Å². The Bertz CT molecular complexity index is 1040. The predicted octanol–water partition coefficient (Wildman–Crippen LogP) is 4.32. The number of aromatic nitrogens is 2. The number of para-hydroxylation sites is 1. The molecule has 0 spiro atoms. The zero-order valence-corrected chi connectivity index (χ0v) is 14.5. The molecule has 2 heterocycles. The maximum absolute atomic E-state index is 5.46. The number of nitrogens with zero attached hydrogens (tertiary/aromatic N) is 1. The summed E-state index contributed by atoms with van der Waals surface area (Å²) in [6, 6.07) is 18.9. The molecular formula is C21H21N3O. The first-order valence-electron chi connectivity index (χ1n) is 8.44. The topological polar surface area (TPSA) is 49.9 Å². The summed E-state index contributed by atoms with van der Waals surface area (Å²) in [6.45, 7) is 3.60. The number of H-pyrrole nitrogens is 1. The molecular weight excluding hydrogens is 310 g/mol. The van der Waals surface area contributed by atoms with Crippen LogP contribution in [0.2, 0.25) is 0 Å². The Hall–Kier alpha value is -2.85. The van der Waals surface area contributed by atoms with Crippen LogP contribution in [0.25, 0.3) is 21.8 Å². The highest BCUT2D eigenvalue weighted by Crippen LogP contribution is 2.22. The van der Waals surface area contributed by atoms with E-state index in [-0.39, 0.29) is 0 Å². The molecule has 0 atom stereocenters. The van der Waals surface area contributed by atoms with Gasteiger partial charge in [-0.15, -0.1) is 0 Å². The van der Waals surface area contributed by atoms with Gasteiger partial charge in [0.2, 0.25) is 5.88 Å². The van der Waals surface area contributed by atoms with E-state index in [1.165, 1.54) is 22.2 Å². The molecule has 0 aliphatic carbocycles. The van der Waals surface area contributed by atoms with Gasteiger partial charge in [0.25, 0.3) is 0 Å². The quantitative estimate of drug-likeness (QED) is 0.572. The molecule has 0 saturated carbocycles. The second-order valence-corrected chi connectivity index (χ2v) is 6.33. The highest BCUT2D eigenvalue weighted by molar-refractivity contribution is 5.81. The second kappa shape index (κ2) is 6.57. The van der Waals surface area contributed by atoms with E-state index in [2.05, 4.69) is 58.6 Å². The monoisotopic (exact) mass is 331 g/mol. The van der Waals surface area contributed by atoms with Crippen LogP contribution in [-0.2, 0) is 13.1 Å². The van der Waals surface area contributed by atoms with Crippen LogP contribution in [0.15, 0.2) is 54.6 Å². The molecule has 0 aliphatic rings. The summed E-state index contributed by atoms with van der Waals surface area (Å²) >= 11 is 0. The summed E-state index contributed by atoms with van der Waals surface area (Å²) in [4.78, 5) is 7.95. The van der Waals surface area contributed by atoms with Crippen LogP contribution in [0.3, 0.4) is 0 Å². The van der Waals surface area contributed by atoms with Gasteiger partial charge in [0.1, 0.15) is 0 Å². The average Bonchev–Trinajstić information content (AvgIpc) is 3.00. The smallest absolute Gasteiger partial charge is 0.218 e. The Labute approximate surface area is 146 Å². The van der Waals surface area contributed by atoms with Crippen molar-refractivity contribution in [3.05, 3.63) is 71.4 Å². The Morgan fingerprint density at radius 1 is 1.00 bits per heavy atom. The summed E-state index contributed by atoms with van der Waals surface area (Å²) < 4.78 is 5.46. The molecule has 4 nitrogen and oxygen atoms in total. The minimum absolute atomic E-state index is 0.683. The van der Waals surface area contributed by atoms with Gasteiger partial charge in [-0.25, -0.2) is 4.98 Å². The van der Waals surface area contributed by atoms with Gasteiger partial charge in [-0.1, -0.05) is 24.3 Å². The number of pyridine rings is 1. The third-order valence-electron chi connectivity index (χ3n) is 4.42. The number of fused-ring (bicyclic) bond motifs is 2. The van der Waals surface area contributed by atoms with Crippen LogP contribution in [0.5, 0.6) is 5.88 Å². The van der Waals surface area contributed by atoms with Crippen molar-refractivity contribution in [1.29, 1.82) is 0 Å². The van der Waals surface area contributed by atoms with E-state index in [1.807, 2.05) is 18.2 Å². The Kier molecular flexibility index (Phi) is 4.12. The van der Waals surface area contributed by atoms with Crippen LogP contribution in [-0.4, -0.2) is 17.1 Å². The number of aromatic amines is 1. The number of ether oxygens (including phenoxy) is 1. The van der Waals surface area contributed by atoms with E-state index >= 15 is 0 Å². The fraction of sp³-hybridized carbons (Fsp3) is 0.190. The Morgan fingerprint density at radius 2 is 1.88 bits per heavy atom. The molecule has 0 unspecified atom stereocenters. The number of hydrogen-bond acceptors (Lipinski definition) is 3. The maximum atomic E-state index is 5.46. The zero-order chi connectivity index (χ0) is 17.2. The molecule has 2 aromatic carbocycles. The van der Waals surface area contributed by atoms with Crippen molar-refractivity contribution in [2.45, 2.75) is 20.0 Å². The van der Waals surface area contributed by atoms with Gasteiger partial charge in [-0.3, -0.25) is 0 Å². The number of hydrogen-bond donors (Lipinski definition) is 2. The van der Waals surface area contributed by atoms with E-state index in [0.717, 1.165) is 23.0 Å². The molecule has 0 aliphatic heterocycles. The Morgan fingerprint density at radius 3 is 2.76 bits per heavy atom. The lowest BCUT2D eigenvalue weighted by Gasteiger charge is -2.10. The fourth-order valence-electron chi connectivity index (χ4n) is 3.22. The molecule has 0 bridgehead atoms. The fourth-order valence-corrected chi connectivity index (χ4v) is 3.22. The molecule has 0 fully saturated rings. The van der Waals surface area contributed by atoms with Crippen molar-refractivity contribution in [2.75, 3.05) is 7.11 Å². The lowest BCUT2D eigenvalue weighted by molar-refractivity contribution is 0.392. The summed E-state index contributed by atoms with van der Waals surface area (Å²) in [6.07, 6.45) is 0. The van der Waals surface area contributed by atoms with Crippen LogP contribution >= 0.6 is 0 Å². The van der Waals surface area contributed by atoms with Gasteiger partial charge in [-0.05, 0) is 48.2 Å². The molecule has 2 N–H and O–H groups in total. The maximum Gasteiger partial charge on any atom is 0.218 e. The third-order valence-corrected chi connectivity index (χ3v) is 4.42. The normalized spacial score (nSPS) is 11.3. The average molecular weight is 331 g/mol. The third kappa shape index (κ3) is 3.21. The lowest BCUT2D eigenvalue weighted by atomic mass is 10.1. The molecule has 4 aromatic rings. The molecule has 126 valence electrons. The first-order valence-corrected chi connectivity index (χ1v) is 8.44. The molecule has 2 aromatic heterocycles. The molecule has 0 saturated heterocycles. The minimum atomic E-state index is 0.683. The zero-order valence-electron chi connectivity index (χ0n) is 14.5. The van der Waals surface area contributed by atoms with Crippen LogP contribution in [0.1, 0.15) is 16.8 Å². The van der Waals surface area contributed by atoms with E-state index in [4.69, 9.17) is 4.74 Å². The SMILES string of the molecule is COc1nc2ccccc2cc1CNCc1ccc2[nH]c(C)cc2c1. The highest BCUT2D eigenvalue weighted by atomic mass is 16.5. The standard InChI is InChI=1S/C21H21N3O/c1-14-9-17-10-15(7-8-20(17)23-14)12-22-13-18-11-16-5-3-4-6-19(16)24-21(18)25-2/h3-11,22-23H,12-13H2,1-2H3. The van der Waals surface area contributed by atoms with Crippen LogP contribution < -0.4 is 10.1 Å². The van der Waals surface area contributed by atoms with Gasteiger partial charge in [0, 0.05) is 35.2 Å². The van der Waals surface area contributed by atoms with Gasteiger partial charge in [0.05, 0.1) is 12.6 Å². The Balaban J connectivity index is 1.51. The number of aryl methyl sites for hydroxylation is 1. The van der Waals surface area contributed by atoms with Crippen molar-refractivity contribution >= 4 is 21.8 Å². The van der Waals surface area contributed by atoms with E-state index < -0.39 is 0 Å². The molecule has 0 amide bonds. The lowest BCUT2D eigenvalue weighted by Crippen LogP contribution is -2.13. The second-order valence-electron chi connectivity index (χ2n) is 6.33. The molecule has 4 rings (SSSR count). The summed E-state index contributed by atoms with van der Waals surface area (Å²) in [5.74, 6) is 0.683. The molecule has 4 heteroatoms. The van der Waals surface area contributed by atoms with E-state index in [1.54, 1.807) is 7.11 Å². The first-order chi connectivity index (χ1) is 12.2. The van der Waals surface area contributed by atoms with Crippen LogP contribution in [0, 0.1) is 6.92 Å². The van der Waals surface area contributed by atoms with Gasteiger partial charge in [-0.2, -0.15) is 0 Å². The number of nitrogens with one attached hydrogen (secondary N) is 2. The van der Waals surface area contributed by atoms with Gasteiger partial charge >= 0.3 is 0 Å². The summed E-state index contributed by atoms with van der Waals surface area (Å²) in [5.41, 5.74) is 5.66. The van der Waals surface area contributed by atoms with Crippen molar-refractivity contribution in [1.82, 2.24) is 15.3 Å². The number of methoxy groups -OCH3 is 1. The van der Waals surface area contributed by atoms with E-state index in [0.29, 0.717) is 12.4 Å². The molecule has 0 radical (unpaired) electrons. The van der Waals surface area contributed by atoms with Gasteiger partial charge in [0.15, 0.2) is 0 Å².